The Kier molecular flexibility index (Phi) is 7.75. The van der Waals surface area contributed by atoms with E-state index in [1.807, 2.05) is 25.1 Å². The molecule has 1 saturated carbocycles. The lowest BCUT2D eigenvalue weighted by Gasteiger charge is -2.30. The maximum atomic E-state index is 12.4. The van der Waals surface area contributed by atoms with Crippen molar-refractivity contribution in [3.8, 4) is 5.75 Å². The second-order valence-electron chi connectivity index (χ2n) is 9.80. The molecular weight excluding hydrogens is 428 g/mol. The second-order valence-corrected chi connectivity index (χ2v) is 9.80. The van der Waals surface area contributed by atoms with Gasteiger partial charge in [-0.2, -0.15) is 4.98 Å². The molecule has 1 aromatic carbocycles. The summed E-state index contributed by atoms with van der Waals surface area (Å²) in [4.78, 5) is 24.3. The Bertz CT molecular complexity index is 1000. The van der Waals surface area contributed by atoms with Gasteiger partial charge >= 0.3 is 6.03 Å². The van der Waals surface area contributed by atoms with Crippen LogP contribution >= 0.6 is 0 Å². The molecule has 0 bridgehead atoms. The number of urea groups is 1. The number of aryl methyl sites for hydroxylation is 2. The Labute approximate surface area is 202 Å². The highest BCUT2D eigenvalue weighted by molar-refractivity contribution is 5.91. The van der Waals surface area contributed by atoms with E-state index in [1.165, 1.54) is 24.1 Å². The van der Waals surface area contributed by atoms with Crippen molar-refractivity contribution in [1.82, 2.24) is 15.3 Å². The maximum Gasteiger partial charge on any atom is 0.319 e. The minimum atomic E-state index is -0.192. The number of amides is 2. The number of carbonyl (C=O) groups is 1. The predicted molar refractivity (Wildman–Crippen MR) is 137 cm³/mol. The lowest BCUT2D eigenvalue weighted by atomic mass is 9.86. The van der Waals surface area contributed by atoms with E-state index in [2.05, 4.69) is 34.9 Å². The lowest BCUT2D eigenvalue weighted by molar-refractivity contribution is 0.246. The standard InChI is InChI=1S/C26H38N6O2/c1-17-9-14-23(34-4)22(15-17)30-26(33)27-16-18-10-12-19(13-11-18)28-25-29-21-8-6-5-7-20(21)24(31-25)32(2)3/h9,14-15,18-19H,5-8,10-13,16H2,1-4H3,(H2,27,30,33)(H,28,29,31)/t18-,19+. The highest BCUT2D eigenvalue weighted by Gasteiger charge is 2.24. The molecule has 2 aliphatic rings. The van der Waals surface area contributed by atoms with Crippen molar-refractivity contribution in [2.45, 2.75) is 64.3 Å². The number of nitrogens with one attached hydrogen (secondary N) is 3. The van der Waals surface area contributed by atoms with Crippen LogP contribution in [0.1, 0.15) is 55.3 Å². The first-order valence-corrected chi connectivity index (χ1v) is 12.5. The average molecular weight is 467 g/mol. The zero-order valence-corrected chi connectivity index (χ0v) is 20.9. The summed E-state index contributed by atoms with van der Waals surface area (Å²) in [6.07, 6.45) is 8.79. The number of rotatable bonds is 7. The van der Waals surface area contributed by atoms with Gasteiger partial charge in [0.15, 0.2) is 0 Å². The maximum absolute atomic E-state index is 12.4. The largest absolute Gasteiger partial charge is 0.495 e. The monoisotopic (exact) mass is 466 g/mol. The molecule has 0 spiro atoms. The van der Waals surface area contributed by atoms with Crippen LogP contribution in [0.4, 0.5) is 22.2 Å². The number of hydrogen-bond acceptors (Lipinski definition) is 6. The van der Waals surface area contributed by atoms with Crippen LogP contribution in [0.15, 0.2) is 18.2 Å². The van der Waals surface area contributed by atoms with Crippen molar-refractivity contribution >= 4 is 23.5 Å². The summed E-state index contributed by atoms with van der Waals surface area (Å²) < 4.78 is 5.34. The fourth-order valence-corrected chi connectivity index (χ4v) is 5.03. The number of ether oxygens (including phenoxy) is 1. The van der Waals surface area contributed by atoms with Crippen molar-refractivity contribution in [2.24, 2.45) is 5.92 Å². The minimum absolute atomic E-state index is 0.192. The first-order chi connectivity index (χ1) is 16.4. The zero-order chi connectivity index (χ0) is 24.1. The summed E-state index contributed by atoms with van der Waals surface area (Å²) in [7, 11) is 5.73. The van der Waals surface area contributed by atoms with Crippen molar-refractivity contribution in [1.29, 1.82) is 0 Å². The molecule has 0 saturated heterocycles. The summed E-state index contributed by atoms with van der Waals surface area (Å²) >= 11 is 0. The molecule has 3 N–H and O–H groups in total. The molecule has 8 nitrogen and oxygen atoms in total. The van der Waals surface area contributed by atoms with Crippen LogP contribution in [0.25, 0.3) is 0 Å². The normalized spacial score (nSPS) is 19.6. The van der Waals surface area contributed by atoms with Gasteiger partial charge in [0.05, 0.1) is 18.5 Å². The molecule has 1 fully saturated rings. The number of methoxy groups -OCH3 is 1. The zero-order valence-electron chi connectivity index (χ0n) is 20.9. The van der Waals surface area contributed by atoms with E-state index in [-0.39, 0.29) is 6.03 Å². The predicted octanol–water partition coefficient (Wildman–Crippen LogP) is 4.53. The van der Waals surface area contributed by atoms with Gasteiger partial charge in [0.25, 0.3) is 0 Å². The van der Waals surface area contributed by atoms with E-state index in [1.54, 1.807) is 7.11 Å². The van der Waals surface area contributed by atoms with Gasteiger partial charge in [-0.15, -0.1) is 0 Å². The second kappa shape index (κ2) is 10.9. The minimum Gasteiger partial charge on any atom is -0.495 e. The highest BCUT2D eigenvalue weighted by Crippen LogP contribution is 2.30. The van der Waals surface area contributed by atoms with E-state index in [0.29, 0.717) is 29.9 Å². The highest BCUT2D eigenvalue weighted by atomic mass is 16.5. The number of aromatic nitrogens is 2. The fraction of sp³-hybridized carbons (Fsp3) is 0.577. The molecule has 1 heterocycles. The molecule has 34 heavy (non-hydrogen) atoms. The molecule has 2 amide bonds. The molecule has 4 rings (SSSR count). The van der Waals surface area contributed by atoms with Gasteiger partial charge in [-0.1, -0.05) is 6.07 Å². The third-order valence-corrected chi connectivity index (χ3v) is 6.92. The van der Waals surface area contributed by atoms with Crippen molar-refractivity contribution in [3.05, 3.63) is 35.0 Å². The topological polar surface area (TPSA) is 91.4 Å². The van der Waals surface area contributed by atoms with Gasteiger partial charge in [-0.25, -0.2) is 9.78 Å². The number of benzene rings is 1. The molecular formula is C26H38N6O2. The van der Waals surface area contributed by atoms with E-state index in [4.69, 9.17) is 14.7 Å². The van der Waals surface area contributed by atoms with Gasteiger partial charge in [0.1, 0.15) is 11.6 Å². The van der Waals surface area contributed by atoms with Crippen LogP contribution < -0.4 is 25.6 Å². The van der Waals surface area contributed by atoms with Crippen LogP contribution in [0.3, 0.4) is 0 Å². The van der Waals surface area contributed by atoms with E-state index in [0.717, 1.165) is 55.9 Å². The Balaban J connectivity index is 1.26. The molecule has 0 atom stereocenters. The van der Waals surface area contributed by atoms with Gasteiger partial charge in [0, 0.05) is 32.2 Å². The average Bonchev–Trinajstić information content (AvgIpc) is 2.83. The number of anilines is 3. The summed E-state index contributed by atoms with van der Waals surface area (Å²) in [5.74, 6) is 2.96. The third kappa shape index (κ3) is 5.90. The molecule has 184 valence electrons. The molecule has 1 aromatic heterocycles. The number of carbonyl (C=O) groups excluding carboxylic acids is 1. The quantitative estimate of drug-likeness (QED) is 0.555. The van der Waals surface area contributed by atoms with Crippen LogP contribution in [0.2, 0.25) is 0 Å². The number of nitrogens with zero attached hydrogens (tertiary/aromatic N) is 3. The van der Waals surface area contributed by atoms with Crippen molar-refractivity contribution in [3.63, 3.8) is 0 Å². The summed E-state index contributed by atoms with van der Waals surface area (Å²) in [6.45, 7) is 2.67. The van der Waals surface area contributed by atoms with Crippen LogP contribution in [0, 0.1) is 12.8 Å². The molecule has 0 unspecified atom stereocenters. The van der Waals surface area contributed by atoms with Gasteiger partial charge in [-0.05, 0) is 81.9 Å². The molecule has 2 aliphatic carbocycles. The number of hydrogen-bond donors (Lipinski definition) is 3. The van der Waals surface area contributed by atoms with Crippen molar-refractivity contribution < 1.29 is 9.53 Å². The van der Waals surface area contributed by atoms with Crippen molar-refractivity contribution in [2.75, 3.05) is 43.3 Å². The molecule has 0 radical (unpaired) electrons. The van der Waals surface area contributed by atoms with E-state index >= 15 is 0 Å². The van der Waals surface area contributed by atoms with Gasteiger partial charge < -0.3 is 25.6 Å². The SMILES string of the molecule is COc1ccc(C)cc1NC(=O)NC[C@H]1CC[C@@H](Nc2nc3c(c(N(C)C)n2)CCCC3)CC1. The van der Waals surface area contributed by atoms with Crippen LogP contribution in [-0.2, 0) is 12.8 Å². The molecule has 8 heteroatoms. The van der Waals surface area contributed by atoms with E-state index in [9.17, 15) is 4.79 Å². The lowest BCUT2D eigenvalue weighted by Crippen LogP contribution is -2.36. The first-order valence-electron chi connectivity index (χ1n) is 12.5. The Morgan fingerprint density at radius 2 is 1.88 bits per heavy atom. The van der Waals surface area contributed by atoms with Gasteiger partial charge in [-0.3, -0.25) is 0 Å². The molecule has 0 aliphatic heterocycles. The van der Waals surface area contributed by atoms with Crippen LogP contribution in [-0.4, -0.2) is 49.8 Å². The Morgan fingerprint density at radius 3 is 2.62 bits per heavy atom. The fourth-order valence-electron chi connectivity index (χ4n) is 5.03. The third-order valence-electron chi connectivity index (χ3n) is 6.92. The molecule has 2 aromatic rings. The first kappa shape index (κ1) is 24.1. The summed E-state index contributed by atoms with van der Waals surface area (Å²) in [5, 5.41) is 9.55. The number of fused-ring (bicyclic) bond motifs is 1. The Hall–Kier alpha value is -3.03. The Morgan fingerprint density at radius 1 is 1.12 bits per heavy atom. The smallest absolute Gasteiger partial charge is 0.319 e. The van der Waals surface area contributed by atoms with E-state index < -0.39 is 0 Å². The summed E-state index contributed by atoms with van der Waals surface area (Å²) in [6, 6.07) is 5.93. The van der Waals surface area contributed by atoms with Crippen LogP contribution in [0.5, 0.6) is 5.75 Å². The summed E-state index contributed by atoms with van der Waals surface area (Å²) in [5.41, 5.74) is 4.29. The van der Waals surface area contributed by atoms with Gasteiger partial charge in [0.2, 0.25) is 5.95 Å².